The molecular formula is C21H29N5O3. The molecule has 0 radical (unpaired) electrons. The van der Waals surface area contributed by atoms with Gasteiger partial charge < -0.3 is 9.64 Å². The van der Waals surface area contributed by atoms with Crippen LogP contribution in [0.1, 0.15) is 31.7 Å². The minimum Gasteiger partial charge on any atom is -0.465 e. The van der Waals surface area contributed by atoms with Gasteiger partial charge in [-0.1, -0.05) is 6.07 Å². The molecule has 1 spiro atoms. The first-order valence-electron chi connectivity index (χ1n) is 10.7. The normalized spacial score (nSPS) is 36.4. The monoisotopic (exact) mass is 399 g/mol. The number of ether oxygens (including phenoxy) is 1. The maximum absolute atomic E-state index is 13.6. The number of nitrogens with one attached hydrogen (secondary N) is 2. The summed E-state index contributed by atoms with van der Waals surface area (Å²) in [6, 6.07) is 3.82. The van der Waals surface area contributed by atoms with Gasteiger partial charge in [0.25, 0.3) is 0 Å². The number of hydrogen-bond donors (Lipinski definition) is 2. The Morgan fingerprint density at radius 3 is 3.14 bits per heavy atom. The van der Waals surface area contributed by atoms with Gasteiger partial charge in [-0.2, -0.15) is 0 Å². The topological polar surface area (TPSA) is 86.8 Å². The summed E-state index contributed by atoms with van der Waals surface area (Å²) in [6.07, 6.45) is 6.52. The molecule has 5 heterocycles. The Morgan fingerprint density at radius 2 is 2.34 bits per heavy atom. The Labute approximate surface area is 170 Å². The summed E-state index contributed by atoms with van der Waals surface area (Å²) in [5, 5.41) is 0. The zero-order valence-corrected chi connectivity index (χ0v) is 16.8. The number of nitrogens with zero attached hydrogens (tertiary/aromatic N) is 3. The molecule has 2 N–H and O–H groups in total. The fourth-order valence-corrected chi connectivity index (χ4v) is 6.22. The first-order valence-corrected chi connectivity index (χ1v) is 10.7. The van der Waals surface area contributed by atoms with Gasteiger partial charge in [0.1, 0.15) is 11.6 Å². The van der Waals surface area contributed by atoms with Crippen LogP contribution in [0.3, 0.4) is 0 Å². The number of esters is 1. The van der Waals surface area contributed by atoms with E-state index in [4.69, 9.17) is 4.74 Å². The largest absolute Gasteiger partial charge is 0.465 e. The lowest BCUT2D eigenvalue weighted by Crippen LogP contribution is -2.54. The molecule has 1 amide bonds. The third-order valence-corrected chi connectivity index (χ3v) is 7.32. The lowest BCUT2D eigenvalue weighted by atomic mass is 9.84. The lowest BCUT2D eigenvalue weighted by molar-refractivity contribution is -0.147. The number of hydrogen-bond acceptors (Lipinski definition) is 7. The highest BCUT2D eigenvalue weighted by Crippen LogP contribution is 2.53. The van der Waals surface area contributed by atoms with Gasteiger partial charge in [-0.25, -0.2) is 5.43 Å². The lowest BCUT2D eigenvalue weighted by Gasteiger charge is -2.36. The Hall–Kier alpha value is -2.03. The van der Waals surface area contributed by atoms with Crippen molar-refractivity contribution in [1.29, 1.82) is 0 Å². The van der Waals surface area contributed by atoms with E-state index in [-0.39, 0.29) is 35.4 Å². The third kappa shape index (κ3) is 2.88. The molecular weight excluding hydrogens is 370 g/mol. The molecule has 4 saturated heterocycles. The SMILES string of the molecule is CCOC(=O)C1NNCC1[C@@H]1C[C@H]2CN(Cc3cccnc3)C(=O)[C@]23CCCN13. The number of rotatable bonds is 5. The van der Waals surface area contributed by atoms with Gasteiger partial charge in [-0.3, -0.25) is 24.9 Å². The van der Waals surface area contributed by atoms with Gasteiger partial charge in [0.15, 0.2) is 0 Å². The van der Waals surface area contributed by atoms with Crippen molar-refractivity contribution in [3.63, 3.8) is 0 Å². The van der Waals surface area contributed by atoms with Crippen molar-refractivity contribution < 1.29 is 14.3 Å². The molecule has 4 fully saturated rings. The molecule has 1 aromatic heterocycles. The number of pyridine rings is 1. The van der Waals surface area contributed by atoms with E-state index < -0.39 is 0 Å². The Balaban J connectivity index is 1.36. The van der Waals surface area contributed by atoms with Crippen LogP contribution in [0.2, 0.25) is 0 Å². The van der Waals surface area contributed by atoms with Gasteiger partial charge in [-0.15, -0.1) is 0 Å². The predicted octanol–water partition coefficient (Wildman–Crippen LogP) is 0.303. The van der Waals surface area contributed by atoms with E-state index >= 15 is 0 Å². The smallest absolute Gasteiger partial charge is 0.324 e. The molecule has 4 aliphatic rings. The molecule has 0 aromatic carbocycles. The quantitative estimate of drug-likeness (QED) is 0.689. The maximum atomic E-state index is 13.6. The summed E-state index contributed by atoms with van der Waals surface area (Å²) >= 11 is 0. The van der Waals surface area contributed by atoms with E-state index in [1.807, 2.05) is 30.2 Å². The first-order chi connectivity index (χ1) is 14.1. The minimum absolute atomic E-state index is 0.120. The summed E-state index contributed by atoms with van der Waals surface area (Å²) < 4.78 is 5.28. The van der Waals surface area contributed by atoms with Crippen LogP contribution in [0.25, 0.3) is 0 Å². The predicted molar refractivity (Wildman–Crippen MR) is 105 cm³/mol. The molecule has 156 valence electrons. The number of amides is 1. The standard InChI is InChI=1S/C21H29N5O3/c1-2-29-19(27)18-16(11-23-24-18)17-9-15-13-25(12-14-5-3-7-22-10-14)20(28)21(15)6-4-8-26(17)21/h3,5,7,10,15-18,23-24H,2,4,6,8-9,11-13H2,1H3/t15-,16?,17-,18?,21-/m0/s1. The van der Waals surface area contributed by atoms with Crippen LogP contribution >= 0.6 is 0 Å². The van der Waals surface area contributed by atoms with Crippen LogP contribution in [-0.2, 0) is 20.9 Å². The van der Waals surface area contributed by atoms with Crippen molar-refractivity contribution in [2.75, 3.05) is 26.2 Å². The summed E-state index contributed by atoms with van der Waals surface area (Å²) in [5.74, 6) is 0.507. The summed E-state index contributed by atoms with van der Waals surface area (Å²) in [5.41, 5.74) is 6.96. The first kappa shape index (κ1) is 19.0. The molecule has 2 unspecified atom stereocenters. The van der Waals surface area contributed by atoms with E-state index in [1.165, 1.54) is 0 Å². The number of aromatic nitrogens is 1. The Bertz CT molecular complexity index is 790. The van der Waals surface area contributed by atoms with Crippen LogP contribution in [0.15, 0.2) is 24.5 Å². The van der Waals surface area contributed by atoms with E-state index in [1.54, 1.807) is 6.20 Å². The molecule has 8 nitrogen and oxygen atoms in total. The van der Waals surface area contributed by atoms with Gasteiger partial charge in [-0.05, 0) is 44.4 Å². The Morgan fingerprint density at radius 1 is 1.45 bits per heavy atom. The molecule has 5 atom stereocenters. The van der Waals surface area contributed by atoms with Crippen molar-refractivity contribution in [3.05, 3.63) is 30.1 Å². The van der Waals surface area contributed by atoms with E-state index in [2.05, 4.69) is 20.7 Å². The van der Waals surface area contributed by atoms with E-state index in [0.717, 1.165) is 44.5 Å². The van der Waals surface area contributed by atoms with Crippen LogP contribution in [-0.4, -0.2) is 70.5 Å². The zero-order chi connectivity index (χ0) is 20.0. The second-order valence-corrected chi connectivity index (χ2v) is 8.69. The van der Waals surface area contributed by atoms with Gasteiger partial charge in [0.2, 0.25) is 5.91 Å². The van der Waals surface area contributed by atoms with Gasteiger partial charge >= 0.3 is 5.97 Å². The molecule has 0 bridgehead atoms. The van der Waals surface area contributed by atoms with Gasteiger partial charge in [0, 0.05) is 49.9 Å². The molecule has 8 heteroatoms. The minimum atomic E-state index is -0.380. The van der Waals surface area contributed by atoms with Crippen molar-refractivity contribution in [1.82, 2.24) is 25.6 Å². The summed E-state index contributed by atoms with van der Waals surface area (Å²) in [6.45, 7) is 5.28. The van der Waals surface area contributed by atoms with Crippen LogP contribution in [0.4, 0.5) is 0 Å². The molecule has 4 aliphatic heterocycles. The highest BCUT2D eigenvalue weighted by Gasteiger charge is 2.66. The zero-order valence-electron chi connectivity index (χ0n) is 16.8. The van der Waals surface area contributed by atoms with Crippen molar-refractivity contribution in [2.45, 2.75) is 50.4 Å². The second kappa shape index (κ2) is 7.34. The van der Waals surface area contributed by atoms with Crippen molar-refractivity contribution >= 4 is 11.9 Å². The van der Waals surface area contributed by atoms with Crippen LogP contribution in [0, 0.1) is 11.8 Å². The fraction of sp³-hybridized carbons (Fsp3) is 0.667. The maximum Gasteiger partial charge on any atom is 0.324 e. The molecule has 0 saturated carbocycles. The van der Waals surface area contributed by atoms with Crippen LogP contribution < -0.4 is 10.9 Å². The number of carbonyl (C=O) groups is 2. The Kier molecular flexibility index (Phi) is 4.80. The van der Waals surface area contributed by atoms with Gasteiger partial charge in [0.05, 0.1) is 6.61 Å². The average molecular weight is 399 g/mol. The summed E-state index contributed by atoms with van der Waals surface area (Å²) in [4.78, 5) is 34.7. The highest BCUT2D eigenvalue weighted by molar-refractivity contribution is 5.90. The van der Waals surface area contributed by atoms with E-state index in [0.29, 0.717) is 19.1 Å². The third-order valence-electron chi connectivity index (χ3n) is 7.32. The molecule has 0 aliphatic carbocycles. The van der Waals surface area contributed by atoms with Crippen molar-refractivity contribution in [2.24, 2.45) is 11.8 Å². The number of hydrazine groups is 1. The highest BCUT2D eigenvalue weighted by atomic mass is 16.5. The number of likely N-dealkylation sites (tertiary alicyclic amines) is 1. The average Bonchev–Trinajstić information content (AvgIpc) is 3.47. The second-order valence-electron chi connectivity index (χ2n) is 8.69. The molecule has 29 heavy (non-hydrogen) atoms. The number of carbonyl (C=O) groups excluding carboxylic acids is 2. The fourth-order valence-electron chi connectivity index (χ4n) is 6.22. The van der Waals surface area contributed by atoms with Crippen LogP contribution in [0.5, 0.6) is 0 Å². The summed E-state index contributed by atoms with van der Waals surface area (Å²) in [7, 11) is 0. The molecule has 1 aromatic rings. The van der Waals surface area contributed by atoms with E-state index in [9.17, 15) is 9.59 Å². The van der Waals surface area contributed by atoms with Crippen molar-refractivity contribution in [3.8, 4) is 0 Å². The molecule has 5 rings (SSSR count).